The number of aliphatic hydroxyl groups is 1. The summed E-state index contributed by atoms with van der Waals surface area (Å²) in [5.41, 5.74) is 3.46. The van der Waals surface area contributed by atoms with E-state index < -0.39 is 12.0 Å². The molecule has 2 N–H and O–H groups in total. The van der Waals surface area contributed by atoms with Crippen LogP contribution in [0.1, 0.15) is 34.9 Å². The molecule has 162 valence electrons. The van der Waals surface area contributed by atoms with Gasteiger partial charge in [-0.2, -0.15) is 0 Å². The van der Waals surface area contributed by atoms with Crippen LogP contribution in [0.4, 0.5) is 5.82 Å². The van der Waals surface area contributed by atoms with E-state index in [2.05, 4.69) is 32.4 Å². The van der Waals surface area contributed by atoms with E-state index in [-0.39, 0.29) is 6.04 Å². The average molecular weight is 433 g/mol. The van der Waals surface area contributed by atoms with Gasteiger partial charge in [0.2, 0.25) is 0 Å². The molecule has 3 heterocycles. The van der Waals surface area contributed by atoms with Crippen LogP contribution in [0.5, 0.6) is 0 Å². The number of benzene rings is 2. The van der Waals surface area contributed by atoms with E-state index in [0.717, 1.165) is 33.5 Å². The first-order chi connectivity index (χ1) is 16.3. The maximum absolute atomic E-state index is 11.8. The molecule has 0 saturated heterocycles. The molecule has 2 aromatic carbocycles. The minimum Gasteiger partial charge on any atom is -0.388 e. The van der Waals surface area contributed by atoms with Crippen molar-refractivity contribution in [2.75, 3.05) is 5.32 Å². The van der Waals surface area contributed by atoms with E-state index in [1.54, 1.807) is 18.6 Å². The van der Waals surface area contributed by atoms with Gasteiger partial charge in [0.25, 0.3) is 0 Å². The van der Waals surface area contributed by atoms with E-state index in [4.69, 9.17) is 0 Å². The van der Waals surface area contributed by atoms with E-state index >= 15 is 0 Å². The molecule has 33 heavy (non-hydrogen) atoms. The van der Waals surface area contributed by atoms with E-state index in [9.17, 15) is 5.11 Å². The van der Waals surface area contributed by atoms with Crippen molar-refractivity contribution >= 4 is 16.7 Å². The quantitative estimate of drug-likeness (QED) is 0.345. The number of nitrogens with one attached hydrogen (secondary N) is 1. The van der Waals surface area contributed by atoms with Crippen LogP contribution in [-0.2, 0) is 0 Å². The summed E-state index contributed by atoms with van der Waals surface area (Å²) in [7, 11) is 0. The summed E-state index contributed by atoms with van der Waals surface area (Å²) < 4.78 is 0. The van der Waals surface area contributed by atoms with Gasteiger partial charge in [-0.05, 0) is 42.0 Å². The second kappa shape index (κ2) is 9.59. The summed E-state index contributed by atoms with van der Waals surface area (Å²) in [6.45, 7) is 0. The fourth-order valence-electron chi connectivity index (χ4n) is 4.19. The standard InChI is InChI=1S/C28H24N4O/c33-28(22-18-21-12-4-5-13-23(21)31-19-22)26(24-14-6-8-16-29-24)27(20-10-2-1-3-11-20)32-25-15-7-9-17-30-25/h1-19,26-28,33H,(H,30,32). The highest BCUT2D eigenvalue weighted by atomic mass is 16.3. The van der Waals surface area contributed by atoms with Crippen molar-refractivity contribution in [3.63, 3.8) is 0 Å². The van der Waals surface area contributed by atoms with Gasteiger partial charge in [-0.15, -0.1) is 0 Å². The van der Waals surface area contributed by atoms with Gasteiger partial charge in [0, 0.05) is 35.2 Å². The zero-order valence-electron chi connectivity index (χ0n) is 18.0. The third-order valence-corrected chi connectivity index (χ3v) is 5.81. The number of para-hydroxylation sites is 1. The Morgan fingerprint density at radius 1 is 0.667 bits per heavy atom. The van der Waals surface area contributed by atoms with E-state index in [1.807, 2.05) is 84.9 Å². The van der Waals surface area contributed by atoms with Gasteiger partial charge in [0.15, 0.2) is 0 Å². The van der Waals surface area contributed by atoms with Crippen LogP contribution in [0.15, 0.2) is 116 Å². The van der Waals surface area contributed by atoms with Crippen molar-refractivity contribution in [2.45, 2.75) is 18.1 Å². The van der Waals surface area contributed by atoms with Crippen molar-refractivity contribution in [1.82, 2.24) is 15.0 Å². The first-order valence-electron chi connectivity index (χ1n) is 11.0. The summed E-state index contributed by atoms with van der Waals surface area (Å²) >= 11 is 0. The highest BCUT2D eigenvalue weighted by molar-refractivity contribution is 5.78. The van der Waals surface area contributed by atoms with Crippen LogP contribution in [0.25, 0.3) is 10.9 Å². The molecule has 3 atom stereocenters. The van der Waals surface area contributed by atoms with Crippen LogP contribution in [-0.4, -0.2) is 20.1 Å². The van der Waals surface area contributed by atoms with Gasteiger partial charge in [0.05, 0.1) is 23.6 Å². The molecule has 0 aliphatic rings. The second-order valence-electron chi connectivity index (χ2n) is 7.93. The lowest BCUT2D eigenvalue weighted by Crippen LogP contribution is -2.26. The molecule has 3 unspecified atom stereocenters. The van der Waals surface area contributed by atoms with Gasteiger partial charge in [-0.3, -0.25) is 9.97 Å². The Labute approximate surface area is 192 Å². The molecule has 0 bridgehead atoms. The Morgan fingerprint density at radius 2 is 1.39 bits per heavy atom. The summed E-state index contributed by atoms with van der Waals surface area (Å²) in [5, 5.41) is 16.3. The van der Waals surface area contributed by atoms with Crippen LogP contribution in [0.2, 0.25) is 0 Å². The highest BCUT2D eigenvalue weighted by Crippen LogP contribution is 2.42. The van der Waals surface area contributed by atoms with Crippen molar-refractivity contribution in [3.8, 4) is 0 Å². The largest absolute Gasteiger partial charge is 0.388 e. The topological polar surface area (TPSA) is 70.9 Å². The number of hydrogen-bond donors (Lipinski definition) is 2. The summed E-state index contributed by atoms with van der Waals surface area (Å²) in [6.07, 6.45) is 4.42. The lowest BCUT2D eigenvalue weighted by Gasteiger charge is -2.32. The third-order valence-electron chi connectivity index (χ3n) is 5.81. The van der Waals surface area contributed by atoms with Gasteiger partial charge >= 0.3 is 0 Å². The summed E-state index contributed by atoms with van der Waals surface area (Å²) in [4.78, 5) is 13.7. The van der Waals surface area contributed by atoms with Crippen molar-refractivity contribution in [1.29, 1.82) is 0 Å². The number of anilines is 1. The molecular weight excluding hydrogens is 408 g/mol. The fourth-order valence-corrected chi connectivity index (χ4v) is 4.19. The molecule has 0 saturated carbocycles. The minimum absolute atomic E-state index is 0.280. The van der Waals surface area contributed by atoms with Gasteiger partial charge < -0.3 is 10.4 Å². The maximum Gasteiger partial charge on any atom is 0.126 e. The van der Waals surface area contributed by atoms with Crippen molar-refractivity contribution < 1.29 is 5.11 Å². The molecule has 0 spiro atoms. The lowest BCUT2D eigenvalue weighted by atomic mass is 9.82. The number of fused-ring (bicyclic) bond motifs is 1. The number of aliphatic hydroxyl groups excluding tert-OH is 1. The average Bonchev–Trinajstić information content (AvgIpc) is 2.89. The lowest BCUT2D eigenvalue weighted by molar-refractivity contribution is 0.133. The summed E-state index contributed by atoms with van der Waals surface area (Å²) in [5.74, 6) is 0.342. The number of aromatic nitrogens is 3. The zero-order valence-corrected chi connectivity index (χ0v) is 18.0. The molecular formula is C28H24N4O. The summed E-state index contributed by atoms with van der Waals surface area (Å²) in [6, 6.07) is 31.3. The maximum atomic E-state index is 11.8. The molecule has 0 radical (unpaired) electrons. The smallest absolute Gasteiger partial charge is 0.126 e. The Balaban J connectivity index is 1.62. The van der Waals surface area contributed by atoms with Gasteiger partial charge in [-0.25, -0.2) is 4.98 Å². The normalized spacial score (nSPS) is 13.8. The fraction of sp³-hybridized carbons (Fsp3) is 0.107. The molecule has 5 heteroatoms. The van der Waals surface area contributed by atoms with Crippen molar-refractivity contribution in [3.05, 3.63) is 132 Å². The monoisotopic (exact) mass is 432 g/mol. The molecule has 5 nitrogen and oxygen atoms in total. The number of pyridine rings is 3. The minimum atomic E-state index is -0.849. The molecule has 0 amide bonds. The van der Waals surface area contributed by atoms with Crippen LogP contribution in [0.3, 0.4) is 0 Å². The van der Waals surface area contributed by atoms with Crippen LogP contribution >= 0.6 is 0 Å². The Hall–Kier alpha value is -4.09. The predicted octanol–water partition coefficient (Wildman–Crippen LogP) is 5.70. The highest BCUT2D eigenvalue weighted by Gasteiger charge is 2.33. The molecule has 5 aromatic rings. The second-order valence-corrected chi connectivity index (χ2v) is 7.93. The van der Waals surface area contributed by atoms with Crippen LogP contribution in [0, 0.1) is 0 Å². The number of rotatable bonds is 7. The Bertz CT molecular complexity index is 1310. The Kier molecular flexibility index (Phi) is 6.04. The molecule has 5 rings (SSSR count). The number of hydrogen-bond acceptors (Lipinski definition) is 5. The molecule has 3 aromatic heterocycles. The van der Waals surface area contributed by atoms with Gasteiger partial charge in [0.1, 0.15) is 5.82 Å². The van der Waals surface area contributed by atoms with E-state index in [1.165, 1.54) is 0 Å². The zero-order chi connectivity index (χ0) is 22.5. The van der Waals surface area contributed by atoms with Gasteiger partial charge in [-0.1, -0.05) is 60.7 Å². The molecule has 0 aliphatic carbocycles. The Morgan fingerprint density at radius 3 is 2.15 bits per heavy atom. The SMILES string of the molecule is OC(c1cnc2ccccc2c1)C(c1ccccn1)C(Nc1ccccn1)c1ccccc1. The first-order valence-corrected chi connectivity index (χ1v) is 11.0. The molecule has 0 aliphatic heterocycles. The third kappa shape index (κ3) is 4.59. The predicted molar refractivity (Wildman–Crippen MR) is 131 cm³/mol. The first kappa shape index (κ1) is 20.8. The van der Waals surface area contributed by atoms with Crippen molar-refractivity contribution in [2.24, 2.45) is 0 Å². The molecule has 0 fully saturated rings. The number of nitrogens with zero attached hydrogens (tertiary/aromatic N) is 3. The van der Waals surface area contributed by atoms with Crippen LogP contribution < -0.4 is 5.32 Å². The van der Waals surface area contributed by atoms with E-state index in [0.29, 0.717) is 0 Å².